The van der Waals surface area contributed by atoms with E-state index in [0.29, 0.717) is 6.54 Å². The van der Waals surface area contributed by atoms with E-state index in [1.165, 1.54) is 16.7 Å². The standard InChI is InChI=1S/C16H20BrN3/c1-10-4-5-19-9-14(10)15(8-18)20-13-6-11(2)16(17)12(3)7-13/h4-7,9,15,20H,8,18H2,1-3H3. The van der Waals surface area contributed by atoms with Crippen molar-refractivity contribution in [2.75, 3.05) is 11.9 Å². The van der Waals surface area contributed by atoms with Crippen LogP contribution in [0.5, 0.6) is 0 Å². The minimum Gasteiger partial charge on any atom is -0.377 e. The van der Waals surface area contributed by atoms with Gasteiger partial charge in [-0.2, -0.15) is 0 Å². The van der Waals surface area contributed by atoms with Gasteiger partial charge in [-0.1, -0.05) is 15.9 Å². The van der Waals surface area contributed by atoms with Crippen LogP contribution in [0.1, 0.15) is 28.3 Å². The first-order chi connectivity index (χ1) is 9.52. The number of pyridine rings is 1. The van der Waals surface area contributed by atoms with Crippen LogP contribution in [-0.2, 0) is 0 Å². The molecule has 20 heavy (non-hydrogen) atoms. The molecule has 0 fully saturated rings. The Hall–Kier alpha value is -1.39. The molecule has 0 saturated heterocycles. The summed E-state index contributed by atoms with van der Waals surface area (Å²) in [7, 11) is 0. The average molecular weight is 334 g/mol. The molecule has 1 heterocycles. The van der Waals surface area contributed by atoms with Crippen molar-refractivity contribution in [3.63, 3.8) is 0 Å². The van der Waals surface area contributed by atoms with Crippen LogP contribution < -0.4 is 11.1 Å². The first kappa shape index (κ1) is 15.0. The third kappa shape index (κ3) is 3.19. The second kappa shape index (κ2) is 6.37. The smallest absolute Gasteiger partial charge is 0.0653 e. The minimum atomic E-state index is 0.0728. The third-order valence-electron chi connectivity index (χ3n) is 3.47. The molecule has 1 aromatic carbocycles. The number of aryl methyl sites for hydroxylation is 3. The molecular weight excluding hydrogens is 314 g/mol. The third-order valence-corrected chi connectivity index (χ3v) is 4.72. The van der Waals surface area contributed by atoms with E-state index in [4.69, 9.17) is 5.73 Å². The molecule has 0 radical (unpaired) electrons. The first-order valence-electron chi connectivity index (χ1n) is 6.66. The number of rotatable bonds is 4. The summed E-state index contributed by atoms with van der Waals surface area (Å²) in [6, 6.07) is 6.35. The molecule has 1 aromatic heterocycles. The fourth-order valence-corrected chi connectivity index (χ4v) is 2.56. The van der Waals surface area contributed by atoms with Gasteiger partial charge in [0, 0.05) is 29.1 Å². The van der Waals surface area contributed by atoms with Crippen molar-refractivity contribution < 1.29 is 0 Å². The highest BCUT2D eigenvalue weighted by molar-refractivity contribution is 9.10. The highest BCUT2D eigenvalue weighted by Crippen LogP contribution is 2.27. The van der Waals surface area contributed by atoms with Crippen LogP contribution in [0.15, 0.2) is 35.1 Å². The maximum atomic E-state index is 5.93. The average Bonchev–Trinajstić information content (AvgIpc) is 2.43. The number of nitrogens with two attached hydrogens (primary N) is 1. The van der Waals surface area contributed by atoms with Crippen molar-refractivity contribution in [3.05, 3.63) is 57.3 Å². The summed E-state index contributed by atoms with van der Waals surface area (Å²) in [6.45, 7) is 6.80. The molecule has 0 aliphatic rings. The van der Waals surface area contributed by atoms with Crippen LogP contribution in [-0.4, -0.2) is 11.5 Å². The van der Waals surface area contributed by atoms with E-state index >= 15 is 0 Å². The molecule has 0 amide bonds. The predicted octanol–water partition coefficient (Wildman–Crippen LogP) is 3.88. The summed E-state index contributed by atoms with van der Waals surface area (Å²) in [5, 5.41) is 3.51. The van der Waals surface area contributed by atoms with Crippen LogP contribution in [0.2, 0.25) is 0 Å². The normalized spacial score (nSPS) is 12.2. The summed E-state index contributed by atoms with van der Waals surface area (Å²) in [5.41, 5.74) is 11.8. The Morgan fingerprint density at radius 1 is 1.20 bits per heavy atom. The predicted molar refractivity (Wildman–Crippen MR) is 88.0 cm³/mol. The quantitative estimate of drug-likeness (QED) is 0.892. The topological polar surface area (TPSA) is 50.9 Å². The molecule has 106 valence electrons. The van der Waals surface area contributed by atoms with Crippen molar-refractivity contribution in [2.24, 2.45) is 5.73 Å². The number of halogens is 1. The van der Waals surface area contributed by atoms with Gasteiger partial charge in [-0.3, -0.25) is 4.98 Å². The lowest BCUT2D eigenvalue weighted by Crippen LogP contribution is -2.21. The highest BCUT2D eigenvalue weighted by atomic mass is 79.9. The van der Waals surface area contributed by atoms with Crippen molar-refractivity contribution >= 4 is 21.6 Å². The lowest BCUT2D eigenvalue weighted by atomic mass is 10.0. The number of anilines is 1. The number of nitrogens with zero attached hydrogens (tertiary/aromatic N) is 1. The summed E-state index contributed by atoms with van der Waals surface area (Å²) in [5.74, 6) is 0. The van der Waals surface area contributed by atoms with Gasteiger partial charge in [0.2, 0.25) is 0 Å². The molecule has 3 N–H and O–H groups in total. The lowest BCUT2D eigenvalue weighted by Gasteiger charge is -2.21. The fourth-order valence-electron chi connectivity index (χ4n) is 2.34. The van der Waals surface area contributed by atoms with Crippen LogP contribution in [0.3, 0.4) is 0 Å². The zero-order valence-corrected chi connectivity index (χ0v) is 13.7. The van der Waals surface area contributed by atoms with E-state index in [1.54, 1.807) is 6.20 Å². The van der Waals surface area contributed by atoms with E-state index in [1.807, 2.05) is 12.3 Å². The first-order valence-corrected chi connectivity index (χ1v) is 7.46. The van der Waals surface area contributed by atoms with E-state index in [9.17, 15) is 0 Å². The Morgan fingerprint density at radius 3 is 2.40 bits per heavy atom. The van der Waals surface area contributed by atoms with E-state index in [2.05, 4.69) is 59.1 Å². The largest absolute Gasteiger partial charge is 0.377 e. The Bertz CT molecular complexity index is 587. The van der Waals surface area contributed by atoms with Gasteiger partial charge >= 0.3 is 0 Å². The van der Waals surface area contributed by atoms with E-state index in [-0.39, 0.29) is 6.04 Å². The Morgan fingerprint density at radius 2 is 1.85 bits per heavy atom. The Labute approximate surface area is 128 Å². The van der Waals surface area contributed by atoms with Crippen molar-refractivity contribution in [3.8, 4) is 0 Å². The van der Waals surface area contributed by atoms with E-state index in [0.717, 1.165) is 15.7 Å². The molecule has 0 aliphatic carbocycles. The molecule has 1 atom stereocenters. The summed E-state index contributed by atoms with van der Waals surface area (Å²) in [6.07, 6.45) is 3.69. The van der Waals surface area contributed by atoms with Gasteiger partial charge in [0.25, 0.3) is 0 Å². The van der Waals surface area contributed by atoms with Crippen LogP contribution in [0.25, 0.3) is 0 Å². The highest BCUT2D eigenvalue weighted by Gasteiger charge is 2.13. The SMILES string of the molecule is Cc1ccncc1C(CN)Nc1cc(C)c(Br)c(C)c1. The Kier molecular flexibility index (Phi) is 4.78. The van der Waals surface area contributed by atoms with Crippen LogP contribution >= 0.6 is 15.9 Å². The van der Waals surface area contributed by atoms with Crippen molar-refractivity contribution in [2.45, 2.75) is 26.8 Å². The maximum Gasteiger partial charge on any atom is 0.0653 e. The molecule has 0 bridgehead atoms. The van der Waals surface area contributed by atoms with Gasteiger partial charge in [-0.15, -0.1) is 0 Å². The second-order valence-electron chi connectivity index (χ2n) is 5.09. The molecule has 1 unspecified atom stereocenters. The van der Waals surface area contributed by atoms with Gasteiger partial charge < -0.3 is 11.1 Å². The zero-order chi connectivity index (χ0) is 14.7. The van der Waals surface area contributed by atoms with Gasteiger partial charge in [0.1, 0.15) is 0 Å². The molecule has 0 saturated carbocycles. The van der Waals surface area contributed by atoms with Gasteiger partial charge in [-0.05, 0) is 61.2 Å². The van der Waals surface area contributed by atoms with Crippen LogP contribution in [0.4, 0.5) is 5.69 Å². The van der Waals surface area contributed by atoms with Gasteiger partial charge in [0.15, 0.2) is 0 Å². The second-order valence-corrected chi connectivity index (χ2v) is 5.88. The summed E-state index contributed by atoms with van der Waals surface area (Å²) < 4.78 is 1.16. The molecule has 3 nitrogen and oxygen atoms in total. The van der Waals surface area contributed by atoms with Gasteiger partial charge in [-0.25, -0.2) is 0 Å². The van der Waals surface area contributed by atoms with Crippen molar-refractivity contribution in [1.82, 2.24) is 4.98 Å². The molecule has 0 spiro atoms. The number of benzene rings is 1. The van der Waals surface area contributed by atoms with Crippen LogP contribution in [0, 0.1) is 20.8 Å². The monoisotopic (exact) mass is 333 g/mol. The molecule has 4 heteroatoms. The Balaban J connectivity index is 2.30. The molecular formula is C16H20BrN3. The number of hydrogen-bond donors (Lipinski definition) is 2. The summed E-state index contributed by atoms with van der Waals surface area (Å²) in [4.78, 5) is 4.20. The molecule has 2 aromatic rings. The fraction of sp³-hybridized carbons (Fsp3) is 0.312. The number of hydrogen-bond acceptors (Lipinski definition) is 3. The summed E-state index contributed by atoms with van der Waals surface area (Å²) >= 11 is 3.59. The zero-order valence-electron chi connectivity index (χ0n) is 12.1. The number of nitrogens with one attached hydrogen (secondary N) is 1. The van der Waals surface area contributed by atoms with E-state index < -0.39 is 0 Å². The number of aromatic nitrogens is 1. The van der Waals surface area contributed by atoms with Gasteiger partial charge in [0.05, 0.1) is 6.04 Å². The molecule has 2 rings (SSSR count). The minimum absolute atomic E-state index is 0.0728. The molecule has 0 aliphatic heterocycles. The van der Waals surface area contributed by atoms with Crippen molar-refractivity contribution in [1.29, 1.82) is 0 Å². The maximum absolute atomic E-state index is 5.93. The lowest BCUT2D eigenvalue weighted by molar-refractivity contribution is 0.778.